The van der Waals surface area contributed by atoms with Crippen molar-refractivity contribution in [1.29, 1.82) is 5.53 Å². The lowest BCUT2D eigenvalue weighted by Gasteiger charge is -1.59. The minimum absolute atomic E-state index is 1.45. The number of rotatable bonds is 1. The van der Waals surface area contributed by atoms with E-state index >= 15 is 0 Å². The molecule has 7 heteroatoms. The van der Waals surface area contributed by atoms with E-state index in [0.717, 1.165) is 0 Å². The van der Waals surface area contributed by atoms with E-state index in [1.165, 1.54) is 6.21 Å². The summed E-state index contributed by atoms with van der Waals surface area (Å²) >= 11 is -2.61. The number of hydrogen-bond acceptors (Lipinski definition) is 3. The van der Waals surface area contributed by atoms with E-state index in [9.17, 15) is 0 Å². The zero-order chi connectivity index (χ0) is 7.70. The minimum Gasteiger partial charge on any atom is -0.284 e. The monoisotopic (exact) mass is 153 g/mol. The first-order chi connectivity index (χ1) is 4.15. The maximum absolute atomic E-state index is 8.67. The molecule has 0 aromatic heterocycles. The molecule has 54 valence electrons. The predicted octanol–water partition coefficient (Wildman–Crippen LogP) is 0.704. The Hall–Kier alpha value is -0.660. The largest absolute Gasteiger partial charge is 0.299 e. The molecule has 0 aromatic rings. The summed E-state index contributed by atoms with van der Waals surface area (Å²) < 4.78 is 22.8. The Morgan fingerprint density at radius 3 is 2.00 bits per heavy atom. The quantitative estimate of drug-likeness (QED) is 0.223. The maximum Gasteiger partial charge on any atom is 0.299 e. The highest BCUT2D eigenvalue weighted by molar-refractivity contribution is 7.73. The molecular weight excluding hydrogens is 146 g/mol. The van der Waals surface area contributed by atoms with Crippen LogP contribution in [-0.4, -0.2) is 19.5 Å². The van der Waals surface area contributed by atoms with Crippen LogP contribution in [0.3, 0.4) is 0 Å². The second-order valence-corrected chi connectivity index (χ2v) is 1.17. The topological polar surface area (TPSA) is 106 Å². The minimum atomic E-state index is -2.61. The third-order valence-corrected chi connectivity index (χ3v) is 0.173. The molecule has 0 bridgehead atoms. The van der Waals surface area contributed by atoms with Gasteiger partial charge in [-0.05, 0) is 6.92 Å². The number of nitrogens with one attached hydrogen (secondary N) is 1. The Morgan fingerprint density at radius 1 is 1.67 bits per heavy atom. The van der Waals surface area contributed by atoms with Crippen LogP contribution in [0.25, 0.3) is 0 Å². The molecule has 0 aromatic carbocycles. The summed E-state index contributed by atoms with van der Waals surface area (Å²) in [6, 6.07) is 0. The molecule has 6 nitrogen and oxygen atoms in total. The van der Waals surface area contributed by atoms with E-state index in [0.29, 0.717) is 0 Å². The maximum atomic E-state index is 8.67. The summed E-state index contributed by atoms with van der Waals surface area (Å²) in [6.45, 7) is 1.71. The molecule has 0 saturated heterocycles. The molecule has 0 radical (unpaired) electrons. The zero-order valence-electron chi connectivity index (χ0n) is 4.68. The highest BCUT2D eigenvalue weighted by atomic mass is 32.2. The number of nitrogens with zero attached hydrogens (tertiary/aromatic N) is 2. The van der Waals surface area contributed by atoms with Crippen LogP contribution in [0.5, 0.6) is 0 Å². The van der Waals surface area contributed by atoms with Crippen molar-refractivity contribution in [2.24, 2.45) is 10.3 Å². The Kier molecular flexibility index (Phi) is 12.9. The summed E-state index contributed by atoms with van der Waals surface area (Å²) in [7, 11) is 0. The molecule has 0 saturated carbocycles. The first-order valence-corrected chi connectivity index (χ1v) is 2.85. The van der Waals surface area contributed by atoms with Crippen LogP contribution < -0.4 is 0 Å². The van der Waals surface area contributed by atoms with Crippen LogP contribution in [0, 0.1) is 5.53 Å². The first kappa shape index (κ1) is 11.2. The van der Waals surface area contributed by atoms with Crippen molar-refractivity contribution in [3.05, 3.63) is 0 Å². The van der Waals surface area contributed by atoms with Crippen molar-refractivity contribution >= 4 is 17.6 Å². The van der Waals surface area contributed by atoms with Crippen LogP contribution in [0.1, 0.15) is 6.92 Å². The van der Waals surface area contributed by atoms with Gasteiger partial charge in [0.1, 0.15) is 0 Å². The highest BCUT2D eigenvalue weighted by Crippen LogP contribution is 1.57. The van der Waals surface area contributed by atoms with Crippen molar-refractivity contribution in [3.8, 4) is 0 Å². The van der Waals surface area contributed by atoms with Gasteiger partial charge >= 0.3 is 0 Å². The van der Waals surface area contributed by atoms with E-state index in [4.69, 9.17) is 18.8 Å². The zero-order valence-corrected chi connectivity index (χ0v) is 5.50. The summed E-state index contributed by atoms with van der Waals surface area (Å²) in [4.78, 5) is 0. The van der Waals surface area contributed by atoms with E-state index < -0.39 is 11.4 Å². The van der Waals surface area contributed by atoms with Gasteiger partial charge in [-0.25, -0.2) is 0 Å². The Bertz CT molecular complexity index is 110. The SMILES string of the molecule is CC=NN=N.O=S(O)O. The third kappa shape index (κ3) is 117. The Balaban J connectivity index is 0. The van der Waals surface area contributed by atoms with Crippen molar-refractivity contribution in [3.63, 3.8) is 0 Å². The normalized spacial score (nSPS) is 8.89. The average molecular weight is 153 g/mol. The van der Waals surface area contributed by atoms with Gasteiger partial charge in [0.05, 0.1) is 0 Å². The van der Waals surface area contributed by atoms with Crippen LogP contribution in [0.2, 0.25) is 0 Å². The molecule has 0 aliphatic carbocycles. The van der Waals surface area contributed by atoms with Crippen LogP contribution >= 0.6 is 0 Å². The molecule has 9 heavy (non-hydrogen) atoms. The van der Waals surface area contributed by atoms with Gasteiger partial charge in [-0.3, -0.25) is 9.11 Å². The average Bonchev–Trinajstić information content (AvgIpc) is 1.66. The van der Waals surface area contributed by atoms with E-state index in [-0.39, 0.29) is 0 Å². The van der Waals surface area contributed by atoms with Crippen LogP contribution in [0.15, 0.2) is 10.3 Å². The molecule has 0 unspecified atom stereocenters. The van der Waals surface area contributed by atoms with E-state index in [1.54, 1.807) is 6.92 Å². The molecule has 0 fully saturated rings. The standard InChI is InChI=1S/C2H5N3.H2O3S/c1-2-4-5-3;1-4(2)3/h2-3H,1H3;(H2,1,2,3). The molecule has 0 aliphatic heterocycles. The fourth-order valence-electron chi connectivity index (χ4n) is 0.0577. The van der Waals surface area contributed by atoms with Gasteiger partial charge in [0.25, 0.3) is 11.4 Å². The summed E-state index contributed by atoms with van der Waals surface area (Å²) in [5, 5.41) is 5.81. The molecule has 0 aliphatic rings. The number of hydrogen-bond donors (Lipinski definition) is 3. The van der Waals surface area contributed by atoms with Crippen molar-refractivity contribution in [2.45, 2.75) is 6.92 Å². The molecule has 0 heterocycles. The van der Waals surface area contributed by atoms with Crippen molar-refractivity contribution in [1.82, 2.24) is 0 Å². The highest BCUT2D eigenvalue weighted by Gasteiger charge is 1.62. The van der Waals surface area contributed by atoms with Gasteiger partial charge in [0.15, 0.2) is 0 Å². The first-order valence-electron chi connectivity index (χ1n) is 1.79. The molecular formula is C2H7N3O3S. The van der Waals surface area contributed by atoms with Gasteiger partial charge < -0.3 is 0 Å². The summed E-state index contributed by atoms with van der Waals surface area (Å²) in [5.74, 6) is 0. The molecule has 0 rings (SSSR count). The summed E-state index contributed by atoms with van der Waals surface area (Å²) in [5.41, 5.74) is 6.03. The molecule has 0 amide bonds. The van der Waals surface area contributed by atoms with Gasteiger partial charge in [-0.15, -0.1) is 5.10 Å². The van der Waals surface area contributed by atoms with Gasteiger partial charge in [0, 0.05) is 6.21 Å². The molecule has 0 spiro atoms. The van der Waals surface area contributed by atoms with Gasteiger partial charge in [-0.1, -0.05) is 5.22 Å². The van der Waals surface area contributed by atoms with Gasteiger partial charge in [0.2, 0.25) is 0 Å². The lowest BCUT2D eigenvalue weighted by atomic mass is 10.9. The molecule has 3 N–H and O–H groups in total. The van der Waals surface area contributed by atoms with Crippen molar-refractivity contribution < 1.29 is 13.3 Å². The Labute approximate surface area is 54.6 Å². The lowest BCUT2D eigenvalue weighted by molar-refractivity contribution is 0.454. The van der Waals surface area contributed by atoms with E-state index in [1.807, 2.05) is 0 Å². The third-order valence-electron chi connectivity index (χ3n) is 0.173. The fourth-order valence-corrected chi connectivity index (χ4v) is 0.0577. The summed E-state index contributed by atoms with van der Waals surface area (Å²) in [6.07, 6.45) is 1.45. The molecule has 0 atom stereocenters. The second-order valence-electron chi connectivity index (χ2n) is 0.704. The van der Waals surface area contributed by atoms with E-state index in [2.05, 4.69) is 10.3 Å². The fraction of sp³-hybridized carbons (Fsp3) is 0.500. The second kappa shape index (κ2) is 10.3. The smallest absolute Gasteiger partial charge is 0.284 e. The van der Waals surface area contributed by atoms with Gasteiger partial charge in [-0.2, -0.15) is 9.74 Å². The lowest BCUT2D eigenvalue weighted by Crippen LogP contribution is -1.74. The Morgan fingerprint density at radius 2 is 2.00 bits per heavy atom. The van der Waals surface area contributed by atoms with Crippen LogP contribution in [0.4, 0.5) is 0 Å². The predicted molar refractivity (Wildman–Crippen MR) is 32.7 cm³/mol. The van der Waals surface area contributed by atoms with Crippen LogP contribution in [-0.2, 0) is 11.4 Å². The van der Waals surface area contributed by atoms with Crippen molar-refractivity contribution in [2.75, 3.05) is 0 Å².